The number of carbonyl (C=O) groups is 2. The number of aromatic nitrogens is 1. The molecule has 1 N–H and O–H groups in total. The molecule has 1 aromatic carbocycles. The first-order valence-electron chi connectivity index (χ1n) is 9.03. The zero-order valence-corrected chi connectivity index (χ0v) is 14.9. The van der Waals surface area contributed by atoms with Crippen molar-refractivity contribution >= 4 is 11.7 Å². The zero-order valence-electron chi connectivity index (χ0n) is 14.9. The number of nitrogens with zero attached hydrogens (tertiary/aromatic N) is 2. The second-order valence-corrected chi connectivity index (χ2v) is 6.56. The van der Waals surface area contributed by atoms with Gasteiger partial charge in [-0.3, -0.25) is 19.0 Å². The summed E-state index contributed by atoms with van der Waals surface area (Å²) in [5, 5.41) is 2.76. The van der Waals surface area contributed by atoms with Crippen molar-refractivity contribution in [2.24, 2.45) is 0 Å². The topological polar surface area (TPSA) is 71.4 Å². The first kappa shape index (κ1) is 19.0. The van der Waals surface area contributed by atoms with E-state index >= 15 is 0 Å². The summed E-state index contributed by atoms with van der Waals surface area (Å²) < 4.78 is 14.3. The molecule has 0 radical (unpaired) electrons. The number of hydrogen-bond donors (Lipinski definition) is 1. The highest BCUT2D eigenvalue weighted by molar-refractivity contribution is 6.11. The van der Waals surface area contributed by atoms with Crippen LogP contribution in [0.1, 0.15) is 29.2 Å². The Morgan fingerprint density at radius 1 is 1.07 bits per heavy atom. The van der Waals surface area contributed by atoms with Gasteiger partial charge >= 0.3 is 0 Å². The molecule has 2 heterocycles. The molecule has 6 nitrogen and oxygen atoms in total. The van der Waals surface area contributed by atoms with Crippen molar-refractivity contribution in [3.05, 3.63) is 70.4 Å². The highest BCUT2D eigenvalue weighted by Crippen LogP contribution is 2.15. The summed E-state index contributed by atoms with van der Waals surface area (Å²) in [5.41, 5.74) is -0.278. The van der Waals surface area contributed by atoms with Crippen LogP contribution in [0.4, 0.5) is 4.39 Å². The third-order valence-electron chi connectivity index (χ3n) is 4.68. The Hall–Kier alpha value is -2.80. The van der Waals surface area contributed by atoms with Crippen molar-refractivity contribution in [2.45, 2.75) is 18.9 Å². The van der Waals surface area contributed by atoms with E-state index in [1.165, 1.54) is 24.4 Å². The van der Waals surface area contributed by atoms with E-state index in [0.717, 1.165) is 42.6 Å². The van der Waals surface area contributed by atoms with Gasteiger partial charge in [0.2, 0.25) is 0 Å². The van der Waals surface area contributed by atoms with E-state index < -0.39 is 29.1 Å². The molecule has 0 bridgehead atoms. The Kier molecular flexibility index (Phi) is 6.13. The molecule has 1 saturated heterocycles. The first-order valence-corrected chi connectivity index (χ1v) is 9.03. The molecule has 0 saturated carbocycles. The molecule has 1 amide bonds. The molecular formula is C20H22FN3O3. The number of Topliss-reactive ketones (excluding diaryl/α,β-unsaturated/α-hetero) is 1. The van der Waals surface area contributed by atoms with Gasteiger partial charge in [-0.1, -0.05) is 6.07 Å². The van der Waals surface area contributed by atoms with E-state index in [1.54, 1.807) is 12.1 Å². The van der Waals surface area contributed by atoms with Gasteiger partial charge < -0.3 is 10.2 Å². The van der Waals surface area contributed by atoms with Gasteiger partial charge in [-0.25, -0.2) is 4.39 Å². The molecular weight excluding hydrogens is 349 g/mol. The van der Waals surface area contributed by atoms with Gasteiger partial charge in [-0.15, -0.1) is 0 Å². The fourth-order valence-electron chi connectivity index (χ4n) is 3.24. The van der Waals surface area contributed by atoms with Crippen molar-refractivity contribution in [3.8, 4) is 0 Å². The van der Waals surface area contributed by atoms with Crippen LogP contribution in [0.3, 0.4) is 0 Å². The minimum atomic E-state index is -1.33. The molecule has 142 valence electrons. The summed E-state index contributed by atoms with van der Waals surface area (Å²) in [6, 6.07) is 8.04. The molecule has 0 aliphatic carbocycles. The van der Waals surface area contributed by atoms with Crippen molar-refractivity contribution in [3.63, 3.8) is 0 Å². The van der Waals surface area contributed by atoms with Crippen LogP contribution < -0.4 is 10.9 Å². The number of nitrogens with one attached hydrogen (secondary N) is 1. The van der Waals surface area contributed by atoms with E-state index in [1.807, 2.05) is 0 Å². The van der Waals surface area contributed by atoms with Crippen molar-refractivity contribution in [1.82, 2.24) is 14.8 Å². The van der Waals surface area contributed by atoms with E-state index in [9.17, 15) is 18.8 Å². The lowest BCUT2D eigenvalue weighted by Gasteiger charge is -2.20. The third-order valence-corrected chi connectivity index (χ3v) is 4.68. The predicted octanol–water partition coefficient (Wildman–Crippen LogP) is 1.62. The number of rotatable bonds is 7. The molecule has 2 aromatic rings. The monoisotopic (exact) mass is 371 g/mol. The fraction of sp³-hybridized carbons (Fsp3) is 0.350. The molecule has 7 heteroatoms. The van der Waals surface area contributed by atoms with Crippen LogP contribution in [-0.4, -0.2) is 47.3 Å². The quantitative estimate of drug-likeness (QED) is 0.593. The van der Waals surface area contributed by atoms with Gasteiger partial charge in [0.25, 0.3) is 11.5 Å². The van der Waals surface area contributed by atoms with Gasteiger partial charge in [0.1, 0.15) is 5.82 Å². The molecule has 0 spiro atoms. The van der Waals surface area contributed by atoms with Crippen LogP contribution in [0.15, 0.2) is 53.5 Å². The largest absolute Gasteiger partial charge is 0.353 e. The maximum Gasteiger partial charge on any atom is 0.251 e. The van der Waals surface area contributed by atoms with Crippen LogP contribution in [0, 0.1) is 5.82 Å². The maximum atomic E-state index is 13.2. The molecule has 3 rings (SSSR count). The summed E-state index contributed by atoms with van der Waals surface area (Å²) in [6.07, 6.45) is 3.71. The van der Waals surface area contributed by atoms with Crippen LogP contribution >= 0.6 is 0 Å². The SMILES string of the molecule is O=C(NCCN1CCCC1)C(C(=O)c1ccc(F)cc1)n1ccccc1=O. The number of carbonyl (C=O) groups excluding carboxylic acids is 2. The molecule has 1 aliphatic heterocycles. The second-order valence-electron chi connectivity index (χ2n) is 6.56. The van der Waals surface area contributed by atoms with Crippen molar-refractivity contribution < 1.29 is 14.0 Å². The Morgan fingerprint density at radius 2 is 1.78 bits per heavy atom. The van der Waals surface area contributed by atoms with Crippen LogP contribution in [0.5, 0.6) is 0 Å². The molecule has 1 fully saturated rings. The molecule has 1 unspecified atom stereocenters. The number of benzene rings is 1. The summed E-state index contributed by atoms with van der Waals surface area (Å²) in [6.45, 7) is 3.11. The maximum absolute atomic E-state index is 13.2. The van der Waals surface area contributed by atoms with Gasteiger partial charge in [0.15, 0.2) is 11.8 Å². The Morgan fingerprint density at radius 3 is 2.44 bits per heavy atom. The summed E-state index contributed by atoms with van der Waals surface area (Å²) in [4.78, 5) is 40.1. The number of pyridine rings is 1. The van der Waals surface area contributed by atoms with Crippen LogP contribution in [-0.2, 0) is 4.79 Å². The van der Waals surface area contributed by atoms with Gasteiger partial charge in [-0.05, 0) is 56.3 Å². The Bertz CT molecular complexity index is 857. The molecule has 1 aliphatic rings. The number of halogens is 1. The number of hydrogen-bond acceptors (Lipinski definition) is 4. The minimum Gasteiger partial charge on any atom is -0.353 e. The lowest BCUT2D eigenvalue weighted by Crippen LogP contribution is -2.43. The number of likely N-dealkylation sites (tertiary alicyclic amines) is 1. The van der Waals surface area contributed by atoms with Gasteiger partial charge in [0.05, 0.1) is 0 Å². The highest BCUT2D eigenvalue weighted by Gasteiger charge is 2.30. The van der Waals surface area contributed by atoms with Crippen LogP contribution in [0.25, 0.3) is 0 Å². The zero-order chi connectivity index (χ0) is 19.2. The van der Waals surface area contributed by atoms with E-state index in [0.29, 0.717) is 13.1 Å². The smallest absolute Gasteiger partial charge is 0.251 e. The highest BCUT2D eigenvalue weighted by atomic mass is 19.1. The van der Waals surface area contributed by atoms with Crippen molar-refractivity contribution in [2.75, 3.05) is 26.2 Å². The van der Waals surface area contributed by atoms with Crippen molar-refractivity contribution in [1.29, 1.82) is 0 Å². The van der Waals surface area contributed by atoms with Gasteiger partial charge in [0, 0.05) is 30.9 Å². The van der Waals surface area contributed by atoms with Crippen LogP contribution in [0.2, 0.25) is 0 Å². The minimum absolute atomic E-state index is 0.173. The fourth-order valence-corrected chi connectivity index (χ4v) is 3.24. The predicted molar refractivity (Wildman–Crippen MR) is 99.2 cm³/mol. The lowest BCUT2D eigenvalue weighted by atomic mass is 10.0. The van der Waals surface area contributed by atoms with E-state index in [4.69, 9.17) is 0 Å². The second kappa shape index (κ2) is 8.73. The lowest BCUT2D eigenvalue weighted by molar-refractivity contribution is -0.123. The number of amides is 1. The normalized spacial score (nSPS) is 15.4. The molecule has 1 atom stereocenters. The number of ketones is 1. The van der Waals surface area contributed by atoms with E-state index in [2.05, 4.69) is 10.2 Å². The summed E-state index contributed by atoms with van der Waals surface area (Å²) in [7, 11) is 0. The summed E-state index contributed by atoms with van der Waals surface area (Å²) in [5.74, 6) is -1.58. The average molecular weight is 371 g/mol. The average Bonchev–Trinajstić information content (AvgIpc) is 3.17. The Labute approximate surface area is 156 Å². The molecule has 27 heavy (non-hydrogen) atoms. The standard InChI is InChI=1S/C20H22FN3O3/c21-16-8-6-15(7-9-16)19(26)18(24-13-2-1-5-17(24)25)20(27)22-10-14-23-11-3-4-12-23/h1-2,5-9,13,18H,3-4,10-12,14H2,(H,22,27). The molecule has 1 aromatic heterocycles. The first-order chi connectivity index (χ1) is 13.1. The third kappa shape index (κ3) is 4.68. The van der Waals surface area contributed by atoms with E-state index in [-0.39, 0.29) is 5.56 Å². The Balaban J connectivity index is 1.79. The van der Waals surface area contributed by atoms with Gasteiger partial charge in [-0.2, -0.15) is 0 Å². The summed E-state index contributed by atoms with van der Waals surface area (Å²) >= 11 is 0.